The molecule has 4 heteroatoms. The molecule has 1 aliphatic carbocycles. The van der Waals surface area contributed by atoms with Crippen molar-refractivity contribution in [2.24, 2.45) is 0 Å². The van der Waals surface area contributed by atoms with E-state index in [1.54, 1.807) is 6.07 Å². The Labute approximate surface area is 121 Å². The summed E-state index contributed by atoms with van der Waals surface area (Å²) in [5.74, 6) is 0.105. The molecule has 104 valence electrons. The number of carbonyl (C=O) groups is 1. The number of nitro benzene ring substituents is 1. The average Bonchev–Trinajstić information content (AvgIpc) is 2.47. The van der Waals surface area contributed by atoms with E-state index in [0.29, 0.717) is 12.8 Å². The summed E-state index contributed by atoms with van der Waals surface area (Å²) >= 11 is 0. The quantitative estimate of drug-likeness (QED) is 0.620. The summed E-state index contributed by atoms with van der Waals surface area (Å²) in [7, 11) is 0. The molecule has 0 N–H and O–H groups in total. The Balaban J connectivity index is 1.94. The van der Waals surface area contributed by atoms with Crippen LogP contribution in [-0.2, 0) is 6.42 Å². The standard InChI is InChI=1S/C17H13NO3/c19-17-11-13(9-14-5-1-2-7-16(14)17)8-12-4-3-6-15(10-12)18(20)21/h1-8,10H,9,11H2/b13-8-. The maximum Gasteiger partial charge on any atom is 0.270 e. The minimum Gasteiger partial charge on any atom is -0.294 e. The van der Waals surface area contributed by atoms with E-state index in [0.717, 1.165) is 22.3 Å². The molecule has 0 aromatic heterocycles. The van der Waals surface area contributed by atoms with Crippen LogP contribution in [0.25, 0.3) is 6.08 Å². The van der Waals surface area contributed by atoms with E-state index >= 15 is 0 Å². The molecule has 1 aliphatic rings. The highest BCUT2D eigenvalue weighted by atomic mass is 16.6. The fourth-order valence-corrected chi connectivity index (χ4v) is 2.62. The van der Waals surface area contributed by atoms with Crippen molar-refractivity contribution in [3.8, 4) is 0 Å². The predicted octanol–water partition coefficient (Wildman–Crippen LogP) is 3.81. The molecule has 21 heavy (non-hydrogen) atoms. The minimum absolute atomic E-state index is 0.0619. The zero-order valence-electron chi connectivity index (χ0n) is 11.3. The largest absolute Gasteiger partial charge is 0.294 e. The van der Waals surface area contributed by atoms with Gasteiger partial charge in [0.05, 0.1) is 4.92 Å². The Morgan fingerprint density at radius 2 is 1.86 bits per heavy atom. The van der Waals surface area contributed by atoms with Crippen LogP contribution in [0.4, 0.5) is 5.69 Å². The molecule has 0 fully saturated rings. The normalized spacial score (nSPS) is 15.8. The maximum atomic E-state index is 12.1. The Morgan fingerprint density at radius 3 is 2.67 bits per heavy atom. The van der Waals surface area contributed by atoms with Crippen LogP contribution in [0, 0.1) is 10.1 Å². The van der Waals surface area contributed by atoms with Gasteiger partial charge < -0.3 is 0 Å². The molecule has 0 saturated heterocycles. The zero-order valence-corrected chi connectivity index (χ0v) is 11.3. The van der Waals surface area contributed by atoms with Crippen LogP contribution in [-0.4, -0.2) is 10.7 Å². The lowest BCUT2D eigenvalue weighted by Gasteiger charge is -2.17. The first-order valence-electron chi connectivity index (χ1n) is 6.68. The lowest BCUT2D eigenvalue weighted by molar-refractivity contribution is -0.384. The first kappa shape index (κ1) is 13.2. The Bertz CT molecular complexity index is 762. The Hall–Kier alpha value is -2.75. The fourth-order valence-electron chi connectivity index (χ4n) is 2.62. The molecule has 2 aromatic carbocycles. The van der Waals surface area contributed by atoms with Gasteiger partial charge in [-0.15, -0.1) is 0 Å². The van der Waals surface area contributed by atoms with Crippen molar-refractivity contribution >= 4 is 17.5 Å². The third kappa shape index (κ3) is 2.74. The number of benzene rings is 2. The van der Waals surface area contributed by atoms with Crippen LogP contribution < -0.4 is 0 Å². The number of hydrogen-bond acceptors (Lipinski definition) is 3. The van der Waals surface area contributed by atoms with Gasteiger partial charge in [-0.1, -0.05) is 48.0 Å². The second-order valence-corrected chi connectivity index (χ2v) is 5.09. The Morgan fingerprint density at radius 1 is 1.05 bits per heavy atom. The van der Waals surface area contributed by atoms with E-state index in [1.807, 2.05) is 36.4 Å². The summed E-state index contributed by atoms with van der Waals surface area (Å²) in [6.07, 6.45) is 2.96. The van der Waals surface area contributed by atoms with Gasteiger partial charge in [0.25, 0.3) is 5.69 Å². The van der Waals surface area contributed by atoms with Crippen molar-refractivity contribution in [1.82, 2.24) is 0 Å². The molecule has 0 spiro atoms. The molecule has 0 saturated carbocycles. The summed E-state index contributed by atoms with van der Waals surface area (Å²) in [5, 5.41) is 10.8. The first-order chi connectivity index (χ1) is 10.1. The molecule has 0 amide bonds. The number of nitrogens with zero attached hydrogens (tertiary/aromatic N) is 1. The van der Waals surface area contributed by atoms with Gasteiger partial charge in [0.1, 0.15) is 0 Å². The number of non-ortho nitro benzene ring substituents is 1. The maximum absolute atomic E-state index is 12.1. The summed E-state index contributed by atoms with van der Waals surface area (Å²) in [6.45, 7) is 0. The van der Waals surface area contributed by atoms with Crippen molar-refractivity contribution in [2.45, 2.75) is 12.8 Å². The van der Waals surface area contributed by atoms with Crippen LogP contribution in [0.15, 0.2) is 54.1 Å². The van der Waals surface area contributed by atoms with E-state index in [-0.39, 0.29) is 11.5 Å². The van der Waals surface area contributed by atoms with Gasteiger partial charge in [-0.2, -0.15) is 0 Å². The molecule has 0 radical (unpaired) electrons. The van der Waals surface area contributed by atoms with E-state index in [1.165, 1.54) is 12.1 Å². The summed E-state index contributed by atoms with van der Waals surface area (Å²) < 4.78 is 0. The molecular weight excluding hydrogens is 266 g/mol. The SMILES string of the molecule is O=C1C/C(=C\c2cccc([N+](=O)[O-])c2)Cc2ccccc21. The third-order valence-corrected chi connectivity index (χ3v) is 3.57. The number of fused-ring (bicyclic) bond motifs is 1. The van der Waals surface area contributed by atoms with Gasteiger partial charge in [-0.25, -0.2) is 0 Å². The van der Waals surface area contributed by atoms with Crippen LogP contribution in [0.3, 0.4) is 0 Å². The highest BCUT2D eigenvalue weighted by Gasteiger charge is 2.19. The number of rotatable bonds is 2. The number of nitro groups is 1. The van der Waals surface area contributed by atoms with Crippen LogP contribution in [0.1, 0.15) is 27.9 Å². The van der Waals surface area contributed by atoms with Gasteiger partial charge in [0, 0.05) is 24.1 Å². The van der Waals surface area contributed by atoms with Crippen molar-refractivity contribution < 1.29 is 9.72 Å². The monoisotopic (exact) mass is 279 g/mol. The third-order valence-electron chi connectivity index (χ3n) is 3.57. The number of hydrogen-bond donors (Lipinski definition) is 0. The minimum atomic E-state index is -0.413. The lowest BCUT2D eigenvalue weighted by atomic mass is 9.86. The summed E-state index contributed by atoms with van der Waals surface area (Å²) in [5.41, 5.74) is 3.61. The van der Waals surface area contributed by atoms with Gasteiger partial charge in [-0.05, 0) is 17.5 Å². The highest BCUT2D eigenvalue weighted by molar-refractivity contribution is 6.01. The molecule has 0 aliphatic heterocycles. The Kier molecular flexibility index (Phi) is 3.36. The zero-order chi connectivity index (χ0) is 14.8. The number of ketones is 1. The second kappa shape index (κ2) is 5.32. The van der Waals surface area contributed by atoms with E-state index in [2.05, 4.69) is 0 Å². The molecule has 2 aromatic rings. The first-order valence-corrected chi connectivity index (χ1v) is 6.68. The fraction of sp³-hybridized carbons (Fsp3) is 0.118. The van der Waals surface area contributed by atoms with Crippen molar-refractivity contribution in [3.05, 3.63) is 80.9 Å². The van der Waals surface area contributed by atoms with E-state index in [4.69, 9.17) is 0 Å². The molecule has 0 bridgehead atoms. The number of allylic oxidation sites excluding steroid dienone is 1. The van der Waals surface area contributed by atoms with E-state index in [9.17, 15) is 14.9 Å². The van der Waals surface area contributed by atoms with Crippen LogP contribution in [0.2, 0.25) is 0 Å². The van der Waals surface area contributed by atoms with Gasteiger partial charge >= 0.3 is 0 Å². The second-order valence-electron chi connectivity index (χ2n) is 5.09. The predicted molar refractivity (Wildman–Crippen MR) is 80.2 cm³/mol. The average molecular weight is 279 g/mol. The van der Waals surface area contributed by atoms with Crippen LogP contribution in [0.5, 0.6) is 0 Å². The van der Waals surface area contributed by atoms with Gasteiger partial charge in [-0.3, -0.25) is 14.9 Å². The van der Waals surface area contributed by atoms with Gasteiger partial charge in [0.2, 0.25) is 0 Å². The van der Waals surface area contributed by atoms with Gasteiger partial charge in [0.15, 0.2) is 5.78 Å². The van der Waals surface area contributed by atoms with Crippen LogP contribution >= 0.6 is 0 Å². The molecule has 0 heterocycles. The highest BCUT2D eigenvalue weighted by Crippen LogP contribution is 2.27. The molecule has 4 nitrogen and oxygen atoms in total. The smallest absolute Gasteiger partial charge is 0.270 e. The van der Waals surface area contributed by atoms with E-state index < -0.39 is 4.92 Å². The molecule has 0 unspecified atom stereocenters. The van der Waals surface area contributed by atoms with Crippen molar-refractivity contribution in [1.29, 1.82) is 0 Å². The topological polar surface area (TPSA) is 60.2 Å². The molecule has 3 rings (SSSR count). The number of carbonyl (C=O) groups excluding carboxylic acids is 1. The van der Waals surface area contributed by atoms with Crippen molar-refractivity contribution in [3.63, 3.8) is 0 Å². The number of Topliss-reactive ketones (excluding diaryl/α,β-unsaturated/α-hetero) is 1. The molecular formula is C17H13NO3. The van der Waals surface area contributed by atoms with Crippen molar-refractivity contribution in [2.75, 3.05) is 0 Å². The summed E-state index contributed by atoms with van der Waals surface area (Å²) in [4.78, 5) is 22.5. The molecule has 0 atom stereocenters. The summed E-state index contributed by atoms with van der Waals surface area (Å²) in [6, 6.07) is 14.0. The lowest BCUT2D eigenvalue weighted by Crippen LogP contribution is -2.12.